The van der Waals surface area contributed by atoms with Crippen LogP contribution in [0, 0.1) is 6.92 Å². The zero-order valence-corrected chi connectivity index (χ0v) is 10.3. The van der Waals surface area contributed by atoms with Gasteiger partial charge in [0.1, 0.15) is 5.75 Å². The summed E-state index contributed by atoms with van der Waals surface area (Å²) in [4.78, 5) is 13.7. The van der Waals surface area contributed by atoms with Gasteiger partial charge in [-0.25, -0.2) is 0 Å². The highest BCUT2D eigenvalue weighted by Crippen LogP contribution is 2.20. The van der Waals surface area contributed by atoms with E-state index in [-0.39, 0.29) is 17.7 Å². The number of phenolic OH excluding ortho intramolecular Hbond substituents is 1. The van der Waals surface area contributed by atoms with E-state index in [2.05, 4.69) is 0 Å². The highest BCUT2D eigenvalue weighted by molar-refractivity contribution is 5.97. The predicted octanol–water partition coefficient (Wildman–Crippen LogP) is 2.57. The minimum absolute atomic E-state index is 0.0470. The van der Waals surface area contributed by atoms with Gasteiger partial charge < -0.3 is 10.0 Å². The molecule has 0 aliphatic rings. The summed E-state index contributed by atoms with van der Waals surface area (Å²) >= 11 is 0. The maximum atomic E-state index is 12.1. The van der Waals surface area contributed by atoms with Gasteiger partial charge in [0, 0.05) is 13.1 Å². The molecule has 1 amide bonds. The molecule has 1 N–H and O–H groups in total. The second-order valence-electron chi connectivity index (χ2n) is 4.19. The number of hydrogen-bond donors (Lipinski definition) is 1. The van der Waals surface area contributed by atoms with Crippen molar-refractivity contribution < 1.29 is 9.90 Å². The van der Waals surface area contributed by atoms with E-state index in [0.717, 1.165) is 12.0 Å². The van der Waals surface area contributed by atoms with Gasteiger partial charge >= 0.3 is 0 Å². The average Bonchev–Trinajstić information content (AvgIpc) is 2.29. The second-order valence-corrected chi connectivity index (χ2v) is 4.19. The standard InChI is InChI=1S/C13H19NO2/c1-5-10(3)14(4)13(16)11-8-9(2)6-7-12(11)15/h6-8,10,15H,5H2,1-4H3. The Morgan fingerprint density at radius 1 is 1.50 bits per heavy atom. The van der Waals surface area contributed by atoms with E-state index in [1.165, 1.54) is 0 Å². The van der Waals surface area contributed by atoms with Gasteiger partial charge in [0.25, 0.3) is 5.91 Å². The number of carbonyl (C=O) groups excluding carboxylic acids is 1. The Hall–Kier alpha value is -1.51. The summed E-state index contributed by atoms with van der Waals surface area (Å²) in [6.45, 7) is 5.93. The normalized spacial score (nSPS) is 12.2. The monoisotopic (exact) mass is 221 g/mol. The quantitative estimate of drug-likeness (QED) is 0.852. The molecular formula is C13H19NO2. The molecule has 1 atom stereocenters. The third-order valence-electron chi connectivity index (χ3n) is 2.95. The van der Waals surface area contributed by atoms with Crippen LogP contribution in [-0.4, -0.2) is 29.0 Å². The predicted molar refractivity (Wildman–Crippen MR) is 64.7 cm³/mol. The van der Waals surface area contributed by atoms with E-state index in [1.807, 2.05) is 20.8 Å². The van der Waals surface area contributed by atoms with Crippen molar-refractivity contribution in [3.63, 3.8) is 0 Å². The fourth-order valence-corrected chi connectivity index (χ4v) is 1.49. The first-order valence-electron chi connectivity index (χ1n) is 5.54. The van der Waals surface area contributed by atoms with Gasteiger partial charge in [-0.1, -0.05) is 18.6 Å². The number of benzene rings is 1. The van der Waals surface area contributed by atoms with Crippen molar-refractivity contribution in [2.45, 2.75) is 33.2 Å². The number of phenols is 1. The summed E-state index contributed by atoms with van der Waals surface area (Å²) in [6, 6.07) is 5.24. The van der Waals surface area contributed by atoms with Gasteiger partial charge in [-0.05, 0) is 32.4 Å². The zero-order valence-electron chi connectivity index (χ0n) is 10.3. The molecule has 88 valence electrons. The van der Waals surface area contributed by atoms with E-state index >= 15 is 0 Å². The van der Waals surface area contributed by atoms with Gasteiger partial charge in [-0.3, -0.25) is 4.79 Å². The largest absolute Gasteiger partial charge is 0.507 e. The van der Waals surface area contributed by atoms with E-state index in [1.54, 1.807) is 30.1 Å². The Morgan fingerprint density at radius 2 is 2.12 bits per heavy atom. The Morgan fingerprint density at radius 3 is 2.69 bits per heavy atom. The number of aromatic hydroxyl groups is 1. The minimum Gasteiger partial charge on any atom is -0.507 e. The SMILES string of the molecule is CCC(C)N(C)C(=O)c1cc(C)ccc1O. The molecule has 1 aromatic carbocycles. The lowest BCUT2D eigenvalue weighted by Gasteiger charge is -2.24. The molecule has 3 heteroatoms. The van der Waals surface area contributed by atoms with Crippen molar-refractivity contribution in [1.29, 1.82) is 0 Å². The molecule has 1 rings (SSSR count). The maximum Gasteiger partial charge on any atom is 0.257 e. The van der Waals surface area contributed by atoms with E-state index in [9.17, 15) is 9.90 Å². The Labute approximate surface area is 96.7 Å². The molecule has 0 aliphatic carbocycles. The molecule has 0 spiro atoms. The van der Waals surface area contributed by atoms with Crippen LogP contribution in [0.25, 0.3) is 0 Å². The summed E-state index contributed by atoms with van der Waals surface area (Å²) in [5.74, 6) is -0.0821. The number of rotatable bonds is 3. The van der Waals surface area contributed by atoms with E-state index < -0.39 is 0 Å². The summed E-state index contributed by atoms with van der Waals surface area (Å²) < 4.78 is 0. The first-order valence-corrected chi connectivity index (χ1v) is 5.54. The van der Waals surface area contributed by atoms with Crippen molar-refractivity contribution in [2.75, 3.05) is 7.05 Å². The number of hydrogen-bond acceptors (Lipinski definition) is 2. The van der Waals surface area contributed by atoms with Crippen molar-refractivity contribution in [1.82, 2.24) is 4.90 Å². The Balaban J connectivity index is 3.00. The summed E-state index contributed by atoms with van der Waals surface area (Å²) in [5.41, 5.74) is 1.35. The molecule has 0 heterocycles. The second kappa shape index (κ2) is 5.01. The minimum atomic E-state index is -0.129. The van der Waals surface area contributed by atoms with Crippen LogP contribution in [0.4, 0.5) is 0 Å². The lowest BCUT2D eigenvalue weighted by molar-refractivity contribution is 0.0737. The van der Waals surface area contributed by atoms with Crippen molar-refractivity contribution in [2.24, 2.45) is 0 Å². The fraction of sp³-hybridized carbons (Fsp3) is 0.462. The number of carbonyl (C=O) groups is 1. The van der Waals surface area contributed by atoms with Crippen LogP contribution < -0.4 is 0 Å². The van der Waals surface area contributed by atoms with Crippen molar-refractivity contribution >= 4 is 5.91 Å². The summed E-state index contributed by atoms with van der Waals surface area (Å²) in [5, 5.41) is 9.66. The number of amides is 1. The molecule has 1 unspecified atom stereocenters. The van der Waals surface area contributed by atoms with E-state index in [4.69, 9.17) is 0 Å². The number of aryl methyl sites for hydroxylation is 1. The van der Waals surface area contributed by atoms with Gasteiger partial charge in [0.05, 0.1) is 5.56 Å². The van der Waals surface area contributed by atoms with Crippen LogP contribution in [0.1, 0.15) is 36.2 Å². The Kier molecular flexibility index (Phi) is 3.93. The van der Waals surface area contributed by atoms with Gasteiger partial charge in [0.2, 0.25) is 0 Å². The highest BCUT2D eigenvalue weighted by Gasteiger charge is 2.19. The molecule has 0 aromatic heterocycles. The highest BCUT2D eigenvalue weighted by atomic mass is 16.3. The lowest BCUT2D eigenvalue weighted by atomic mass is 10.1. The molecule has 0 radical (unpaired) electrons. The zero-order chi connectivity index (χ0) is 12.3. The Bertz CT molecular complexity index is 388. The van der Waals surface area contributed by atoms with Crippen molar-refractivity contribution in [3.8, 4) is 5.75 Å². The van der Waals surface area contributed by atoms with Crippen LogP contribution in [0.2, 0.25) is 0 Å². The van der Waals surface area contributed by atoms with Crippen LogP contribution in [0.5, 0.6) is 5.75 Å². The molecule has 0 saturated carbocycles. The smallest absolute Gasteiger partial charge is 0.257 e. The average molecular weight is 221 g/mol. The first kappa shape index (κ1) is 12.6. The fourth-order valence-electron chi connectivity index (χ4n) is 1.49. The molecule has 3 nitrogen and oxygen atoms in total. The van der Waals surface area contributed by atoms with Gasteiger partial charge in [0.15, 0.2) is 0 Å². The van der Waals surface area contributed by atoms with Crippen LogP contribution in [0.3, 0.4) is 0 Å². The van der Waals surface area contributed by atoms with E-state index in [0.29, 0.717) is 5.56 Å². The molecule has 0 fully saturated rings. The molecule has 0 saturated heterocycles. The molecule has 0 aliphatic heterocycles. The first-order chi connectivity index (χ1) is 7.47. The van der Waals surface area contributed by atoms with Crippen LogP contribution >= 0.6 is 0 Å². The van der Waals surface area contributed by atoms with Crippen LogP contribution in [-0.2, 0) is 0 Å². The molecule has 0 bridgehead atoms. The summed E-state index contributed by atoms with van der Waals surface area (Å²) in [6.07, 6.45) is 0.898. The maximum absolute atomic E-state index is 12.1. The van der Waals surface area contributed by atoms with Gasteiger partial charge in [-0.2, -0.15) is 0 Å². The third-order valence-corrected chi connectivity index (χ3v) is 2.95. The molecule has 16 heavy (non-hydrogen) atoms. The topological polar surface area (TPSA) is 40.5 Å². The lowest BCUT2D eigenvalue weighted by Crippen LogP contribution is -2.34. The molecule has 1 aromatic rings. The van der Waals surface area contributed by atoms with Crippen molar-refractivity contribution in [3.05, 3.63) is 29.3 Å². The molecular weight excluding hydrogens is 202 g/mol. The third kappa shape index (κ3) is 2.54. The number of nitrogens with zero attached hydrogens (tertiary/aromatic N) is 1. The van der Waals surface area contributed by atoms with Crippen LogP contribution in [0.15, 0.2) is 18.2 Å². The summed E-state index contributed by atoms with van der Waals surface area (Å²) in [7, 11) is 1.76. The van der Waals surface area contributed by atoms with Gasteiger partial charge in [-0.15, -0.1) is 0 Å².